The molecule has 2 aromatic rings. The van der Waals surface area contributed by atoms with E-state index in [-0.39, 0.29) is 0 Å². The van der Waals surface area contributed by atoms with Crippen molar-refractivity contribution in [2.75, 3.05) is 12.4 Å². The number of rotatable bonds is 2. The molecule has 4 nitrogen and oxygen atoms in total. The van der Waals surface area contributed by atoms with Gasteiger partial charge in [0.15, 0.2) is 5.82 Å². The molecular formula is C12H12Cl2N4. The van der Waals surface area contributed by atoms with Crippen LogP contribution in [0, 0.1) is 13.8 Å². The molecule has 0 bridgehead atoms. The van der Waals surface area contributed by atoms with Crippen LogP contribution in [0.3, 0.4) is 0 Å². The molecule has 0 aliphatic rings. The summed E-state index contributed by atoms with van der Waals surface area (Å²) < 4.78 is 0. The van der Waals surface area contributed by atoms with Crippen LogP contribution in [0.15, 0.2) is 12.3 Å². The average molecular weight is 283 g/mol. The molecule has 0 fully saturated rings. The Morgan fingerprint density at radius 2 is 1.89 bits per heavy atom. The fourth-order valence-corrected chi connectivity index (χ4v) is 2.02. The van der Waals surface area contributed by atoms with Crippen molar-refractivity contribution in [3.05, 3.63) is 33.6 Å². The van der Waals surface area contributed by atoms with E-state index in [1.165, 1.54) is 6.20 Å². The largest absolute Gasteiger partial charge is 0.373 e. The first kappa shape index (κ1) is 13.1. The molecule has 18 heavy (non-hydrogen) atoms. The van der Waals surface area contributed by atoms with Crippen molar-refractivity contribution in [1.82, 2.24) is 15.0 Å². The minimum absolute atomic E-state index is 0.438. The quantitative estimate of drug-likeness (QED) is 0.916. The summed E-state index contributed by atoms with van der Waals surface area (Å²) in [5.41, 5.74) is 2.42. The highest BCUT2D eigenvalue weighted by Gasteiger charge is 2.13. The van der Waals surface area contributed by atoms with Crippen molar-refractivity contribution >= 4 is 29.0 Å². The second-order valence-corrected chi connectivity index (χ2v) is 4.68. The molecule has 6 heteroatoms. The summed E-state index contributed by atoms with van der Waals surface area (Å²) >= 11 is 11.9. The van der Waals surface area contributed by atoms with E-state index in [0.29, 0.717) is 21.6 Å². The SMILES string of the molecule is CNc1nc(-c2ncc(Cl)cc2Cl)nc(C)c1C. The zero-order chi connectivity index (χ0) is 13.3. The molecular weight excluding hydrogens is 271 g/mol. The third-order valence-corrected chi connectivity index (χ3v) is 3.14. The maximum Gasteiger partial charge on any atom is 0.181 e. The standard InChI is InChI=1S/C12H12Cl2N4/c1-6-7(2)17-12(18-11(6)15-3)10-9(14)4-8(13)5-16-10/h4-5H,1-3H3,(H,15,17,18). The minimum atomic E-state index is 0.438. The van der Waals surface area contributed by atoms with Gasteiger partial charge in [0.1, 0.15) is 11.5 Å². The Morgan fingerprint density at radius 3 is 2.50 bits per heavy atom. The van der Waals surface area contributed by atoms with Crippen molar-refractivity contribution < 1.29 is 0 Å². The highest BCUT2D eigenvalue weighted by Crippen LogP contribution is 2.27. The molecule has 2 rings (SSSR count). The third-order valence-electron chi connectivity index (χ3n) is 2.65. The Hall–Kier alpha value is -1.39. The predicted octanol–water partition coefficient (Wildman–Crippen LogP) is 3.50. The highest BCUT2D eigenvalue weighted by atomic mass is 35.5. The van der Waals surface area contributed by atoms with Gasteiger partial charge in [-0.3, -0.25) is 0 Å². The van der Waals surface area contributed by atoms with Gasteiger partial charge in [0.2, 0.25) is 0 Å². The minimum Gasteiger partial charge on any atom is -0.373 e. The number of hydrogen-bond acceptors (Lipinski definition) is 4. The predicted molar refractivity (Wildman–Crippen MR) is 74.3 cm³/mol. The zero-order valence-electron chi connectivity index (χ0n) is 10.3. The summed E-state index contributed by atoms with van der Waals surface area (Å²) in [6.07, 6.45) is 1.53. The van der Waals surface area contributed by atoms with Crippen LogP contribution in [0.4, 0.5) is 5.82 Å². The molecule has 0 aromatic carbocycles. The van der Waals surface area contributed by atoms with Crippen molar-refractivity contribution in [2.45, 2.75) is 13.8 Å². The summed E-state index contributed by atoms with van der Waals surface area (Å²) in [7, 11) is 1.81. The van der Waals surface area contributed by atoms with Crippen LogP contribution in [0.5, 0.6) is 0 Å². The van der Waals surface area contributed by atoms with Crippen LogP contribution in [0.25, 0.3) is 11.5 Å². The number of aryl methyl sites for hydroxylation is 1. The van der Waals surface area contributed by atoms with Gasteiger partial charge in [-0.25, -0.2) is 15.0 Å². The molecule has 0 spiro atoms. The Labute approximate surface area is 115 Å². The first-order valence-electron chi connectivity index (χ1n) is 5.37. The fraction of sp³-hybridized carbons (Fsp3) is 0.250. The molecule has 0 saturated carbocycles. The Balaban J connectivity index is 2.60. The van der Waals surface area contributed by atoms with Crippen molar-refractivity contribution in [2.24, 2.45) is 0 Å². The Morgan fingerprint density at radius 1 is 1.17 bits per heavy atom. The Bertz CT molecular complexity index is 599. The molecule has 94 valence electrons. The van der Waals surface area contributed by atoms with E-state index in [0.717, 1.165) is 17.1 Å². The van der Waals surface area contributed by atoms with Gasteiger partial charge >= 0.3 is 0 Å². The highest BCUT2D eigenvalue weighted by molar-refractivity contribution is 6.35. The summed E-state index contributed by atoms with van der Waals surface area (Å²) in [6, 6.07) is 1.63. The van der Waals surface area contributed by atoms with E-state index in [9.17, 15) is 0 Å². The van der Waals surface area contributed by atoms with E-state index < -0.39 is 0 Å². The molecule has 0 atom stereocenters. The lowest BCUT2D eigenvalue weighted by Gasteiger charge is -2.10. The van der Waals surface area contributed by atoms with E-state index in [1.807, 2.05) is 20.9 Å². The van der Waals surface area contributed by atoms with Crippen LogP contribution in [0.2, 0.25) is 10.0 Å². The summed E-state index contributed by atoms with van der Waals surface area (Å²) in [6.45, 7) is 3.88. The van der Waals surface area contributed by atoms with Crippen LogP contribution in [-0.4, -0.2) is 22.0 Å². The second-order valence-electron chi connectivity index (χ2n) is 3.84. The second kappa shape index (κ2) is 5.08. The maximum absolute atomic E-state index is 6.10. The summed E-state index contributed by atoms with van der Waals surface area (Å²) in [4.78, 5) is 13.0. The van der Waals surface area contributed by atoms with Crippen LogP contribution < -0.4 is 5.32 Å². The first-order valence-corrected chi connectivity index (χ1v) is 6.13. The van der Waals surface area contributed by atoms with Crippen LogP contribution in [-0.2, 0) is 0 Å². The van der Waals surface area contributed by atoms with E-state index in [1.54, 1.807) is 6.07 Å². The van der Waals surface area contributed by atoms with Crippen molar-refractivity contribution in [3.8, 4) is 11.5 Å². The monoisotopic (exact) mass is 282 g/mol. The van der Waals surface area contributed by atoms with Crippen LogP contribution >= 0.6 is 23.2 Å². The summed E-state index contributed by atoms with van der Waals surface area (Å²) in [5, 5.41) is 3.95. The molecule has 1 N–H and O–H groups in total. The topological polar surface area (TPSA) is 50.7 Å². The number of halogens is 2. The van der Waals surface area contributed by atoms with Gasteiger partial charge in [-0.15, -0.1) is 0 Å². The molecule has 0 radical (unpaired) electrons. The normalized spacial score (nSPS) is 10.5. The van der Waals surface area contributed by atoms with Gasteiger partial charge in [0.05, 0.1) is 10.0 Å². The first-order chi connectivity index (χ1) is 8.52. The number of nitrogens with zero attached hydrogens (tertiary/aromatic N) is 3. The molecule has 0 unspecified atom stereocenters. The third kappa shape index (κ3) is 2.40. The van der Waals surface area contributed by atoms with E-state index in [2.05, 4.69) is 20.3 Å². The number of nitrogens with one attached hydrogen (secondary N) is 1. The molecule has 0 saturated heterocycles. The fourth-order valence-electron chi connectivity index (χ4n) is 1.56. The number of hydrogen-bond donors (Lipinski definition) is 1. The lowest BCUT2D eigenvalue weighted by Crippen LogP contribution is -2.03. The van der Waals surface area contributed by atoms with Gasteiger partial charge in [0.25, 0.3) is 0 Å². The molecule has 2 aromatic heterocycles. The maximum atomic E-state index is 6.10. The Kier molecular flexibility index (Phi) is 3.68. The van der Waals surface area contributed by atoms with Gasteiger partial charge in [-0.1, -0.05) is 23.2 Å². The van der Waals surface area contributed by atoms with Crippen molar-refractivity contribution in [3.63, 3.8) is 0 Å². The zero-order valence-corrected chi connectivity index (χ0v) is 11.8. The lowest BCUT2D eigenvalue weighted by molar-refractivity contribution is 1.05. The van der Waals surface area contributed by atoms with Crippen LogP contribution in [0.1, 0.15) is 11.3 Å². The van der Waals surface area contributed by atoms with Gasteiger partial charge in [-0.05, 0) is 19.9 Å². The smallest absolute Gasteiger partial charge is 0.181 e. The summed E-state index contributed by atoms with van der Waals surface area (Å²) in [5.74, 6) is 1.26. The number of anilines is 1. The molecule has 0 aliphatic carbocycles. The average Bonchev–Trinajstić information content (AvgIpc) is 2.32. The van der Waals surface area contributed by atoms with Gasteiger partial charge in [0, 0.05) is 24.5 Å². The van der Waals surface area contributed by atoms with E-state index >= 15 is 0 Å². The molecule has 0 aliphatic heterocycles. The van der Waals surface area contributed by atoms with E-state index in [4.69, 9.17) is 23.2 Å². The lowest BCUT2D eigenvalue weighted by atomic mass is 10.2. The molecule has 2 heterocycles. The number of aromatic nitrogens is 3. The van der Waals surface area contributed by atoms with Crippen molar-refractivity contribution in [1.29, 1.82) is 0 Å². The number of pyridine rings is 1. The molecule has 0 amide bonds. The van der Waals surface area contributed by atoms with Gasteiger partial charge < -0.3 is 5.32 Å². The van der Waals surface area contributed by atoms with Gasteiger partial charge in [-0.2, -0.15) is 0 Å².